The summed E-state index contributed by atoms with van der Waals surface area (Å²) in [6.07, 6.45) is 1.51. The number of nitrogens with one attached hydrogen (secondary N) is 1. The second-order valence-corrected chi connectivity index (χ2v) is 7.57. The summed E-state index contributed by atoms with van der Waals surface area (Å²) in [5.41, 5.74) is 0.790. The standard InChI is InChI=1S/C19H13Cl2FN2O3S/c1-10(25)23-19-24-18(26)16(28-19)7-12-6-13(20)8-14(21)17(12)27-9-11-4-2-3-5-15(11)22/h2-8H,9H2,1H3,(H,23,24,25,26)/b16-7+. The van der Waals surface area contributed by atoms with Crippen LogP contribution in [0.2, 0.25) is 10.0 Å². The lowest BCUT2D eigenvalue weighted by atomic mass is 10.1. The molecule has 2 aromatic carbocycles. The summed E-state index contributed by atoms with van der Waals surface area (Å²) in [5.74, 6) is -0.990. The van der Waals surface area contributed by atoms with Gasteiger partial charge in [0, 0.05) is 23.1 Å². The van der Waals surface area contributed by atoms with E-state index in [0.29, 0.717) is 16.1 Å². The second kappa shape index (κ2) is 8.77. The van der Waals surface area contributed by atoms with Gasteiger partial charge in [-0.15, -0.1) is 0 Å². The van der Waals surface area contributed by atoms with Crippen LogP contribution in [0.3, 0.4) is 0 Å². The largest absolute Gasteiger partial charge is 0.487 e. The monoisotopic (exact) mass is 438 g/mol. The van der Waals surface area contributed by atoms with Gasteiger partial charge in [0.1, 0.15) is 18.2 Å². The van der Waals surface area contributed by atoms with Gasteiger partial charge >= 0.3 is 0 Å². The Morgan fingerprint density at radius 3 is 2.79 bits per heavy atom. The summed E-state index contributed by atoms with van der Waals surface area (Å²) in [5, 5.41) is 3.21. The van der Waals surface area contributed by atoms with Gasteiger partial charge < -0.3 is 10.1 Å². The number of hydrogen-bond donors (Lipinski definition) is 1. The molecule has 0 spiro atoms. The number of aliphatic imine (C=N–C) groups is 1. The van der Waals surface area contributed by atoms with Crippen LogP contribution in [-0.4, -0.2) is 17.0 Å². The fraction of sp³-hybridized carbons (Fsp3) is 0.105. The average molecular weight is 439 g/mol. The van der Waals surface area contributed by atoms with E-state index in [1.165, 1.54) is 25.1 Å². The first kappa shape index (κ1) is 20.4. The molecule has 1 aliphatic rings. The molecule has 1 aliphatic heterocycles. The number of nitrogens with zero attached hydrogens (tertiary/aromatic N) is 1. The molecule has 0 saturated heterocycles. The molecule has 1 heterocycles. The van der Waals surface area contributed by atoms with Crippen molar-refractivity contribution in [2.75, 3.05) is 0 Å². The van der Waals surface area contributed by atoms with E-state index in [9.17, 15) is 14.0 Å². The van der Waals surface area contributed by atoms with E-state index in [4.69, 9.17) is 27.9 Å². The number of hydrogen-bond acceptors (Lipinski definition) is 4. The Bertz CT molecular complexity index is 1020. The number of ether oxygens (including phenoxy) is 1. The van der Waals surface area contributed by atoms with Crippen LogP contribution in [0, 0.1) is 5.82 Å². The van der Waals surface area contributed by atoms with E-state index >= 15 is 0 Å². The third kappa shape index (κ3) is 4.92. The van der Waals surface area contributed by atoms with Crippen molar-refractivity contribution in [2.24, 2.45) is 4.99 Å². The van der Waals surface area contributed by atoms with E-state index in [2.05, 4.69) is 10.3 Å². The maximum Gasteiger partial charge on any atom is 0.286 e. The molecule has 0 bridgehead atoms. The summed E-state index contributed by atoms with van der Waals surface area (Å²) in [4.78, 5) is 27.3. The van der Waals surface area contributed by atoms with Crippen LogP contribution in [0.5, 0.6) is 5.75 Å². The predicted molar refractivity (Wildman–Crippen MR) is 109 cm³/mol. The Labute approximate surface area is 174 Å². The van der Waals surface area contributed by atoms with Crippen LogP contribution in [-0.2, 0) is 16.2 Å². The van der Waals surface area contributed by atoms with E-state index in [1.807, 2.05) is 0 Å². The molecule has 0 aromatic heterocycles. The topological polar surface area (TPSA) is 67.8 Å². The lowest BCUT2D eigenvalue weighted by Crippen LogP contribution is -2.23. The Morgan fingerprint density at radius 1 is 1.32 bits per heavy atom. The van der Waals surface area contributed by atoms with Gasteiger partial charge in [-0.3, -0.25) is 9.59 Å². The molecule has 5 nitrogen and oxygen atoms in total. The number of carbonyl (C=O) groups is 2. The molecule has 3 rings (SSSR count). The zero-order valence-corrected chi connectivity index (χ0v) is 16.8. The number of halogens is 3. The van der Waals surface area contributed by atoms with Crippen molar-refractivity contribution in [3.05, 3.63) is 68.3 Å². The van der Waals surface area contributed by atoms with E-state index in [0.717, 1.165) is 11.8 Å². The minimum Gasteiger partial charge on any atom is -0.487 e. The molecule has 0 unspecified atom stereocenters. The first-order chi connectivity index (χ1) is 13.3. The van der Waals surface area contributed by atoms with E-state index in [1.54, 1.807) is 24.3 Å². The number of carbonyl (C=O) groups excluding carboxylic acids is 2. The zero-order valence-electron chi connectivity index (χ0n) is 14.5. The van der Waals surface area contributed by atoms with Crippen molar-refractivity contribution in [1.29, 1.82) is 0 Å². The Kier molecular flexibility index (Phi) is 6.39. The van der Waals surface area contributed by atoms with Gasteiger partial charge in [-0.1, -0.05) is 41.4 Å². The average Bonchev–Trinajstić information content (AvgIpc) is 2.93. The highest BCUT2D eigenvalue weighted by Crippen LogP contribution is 2.37. The van der Waals surface area contributed by atoms with Gasteiger partial charge in [-0.05, 0) is 36.0 Å². The minimum atomic E-state index is -0.509. The number of rotatable bonds is 4. The molecule has 2 amide bonds. The van der Waals surface area contributed by atoms with Crippen molar-refractivity contribution >= 4 is 58.0 Å². The van der Waals surface area contributed by atoms with Gasteiger partial charge in [-0.2, -0.15) is 4.99 Å². The van der Waals surface area contributed by atoms with Gasteiger partial charge in [0.25, 0.3) is 5.91 Å². The van der Waals surface area contributed by atoms with Crippen molar-refractivity contribution in [1.82, 2.24) is 5.32 Å². The van der Waals surface area contributed by atoms with Crippen LogP contribution in [0.1, 0.15) is 18.1 Å². The molecule has 144 valence electrons. The van der Waals surface area contributed by atoms with Gasteiger partial charge in [0.2, 0.25) is 5.91 Å². The minimum absolute atomic E-state index is 0.0566. The highest BCUT2D eigenvalue weighted by molar-refractivity contribution is 8.18. The molecule has 0 atom stereocenters. The highest BCUT2D eigenvalue weighted by Gasteiger charge is 2.23. The summed E-state index contributed by atoms with van der Waals surface area (Å²) in [6, 6.07) is 9.27. The molecule has 2 aromatic rings. The summed E-state index contributed by atoms with van der Waals surface area (Å²) >= 11 is 13.3. The summed E-state index contributed by atoms with van der Waals surface area (Å²) in [6.45, 7) is 1.26. The van der Waals surface area contributed by atoms with Crippen LogP contribution >= 0.6 is 35.0 Å². The molecule has 0 saturated carbocycles. The molecule has 0 radical (unpaired) electrons. The first-order valence-electron chi connectivity index (χ1n) is 7.99. The molecule has 28 heavy (non-hydrogen) atoms. The number of amides is 2. The highest BCUT2D eigenvalue weighted by atomic mass is 35.5. The SMILES string of the molecule is CC(=O)NC1=NC(=O)/C(=C\c2cc(Cl)cc(Cl)c2OCc2ccccc2F)S1. The van der Waals surface area contributed by atoms with E-state index in [-0.39, 0.29) is 33.4 Å². The van der Waals surface area contributed by atoms with Crippen LogP contribution in [0.25, 0.3) is 6.08 Å². The van der Waals surface area contributed by atoms with Crippen LogP contribution in [0.15, 0.2) is 46.3 Å². The third-order valence-electron chi connectivity index (χ3n) is 3.56. The molecule has 0 aliphatic carbocycles. The third-order valence-corrected chi connectivity index (χ3v) is 4.96. The maximum atomic E-state index is 13.8. The van der Waals surface area contributed by atoms with Gasteiger partial charge in [0.05, 0.1) is 9.93 Å². The fourth-order valence-electron chi connectivity index (χ4n) is 2.36. The van der Waals surface area contributed by atoms with E-state index < -0.39 is 11.7 Å². The normalized spacial score (nSPS) is 14.9. The first-order valence-corrected chi connectivity index (χ1v) is 9.56. The van der Waals surface area contributed by atoms with Gasteiger partial charge in [0.15, 0.2) is 5.17 Å². The second-order valence-electron chi connectivity index (χ2n) is 5.70. The van der Waals surface area contributed by atoms with Crippen LogP contribution < -0.4 is 10.1 Å². The Hall–Kier alpha value is -2.35. The Balaban J connectivity index is 1.88. The fourth-order valence-corrected chi connectivity index (χ4v) is 3.77. The number of thioether (sulfide) groups is 1. The summed E-state index contributed by atoms with van der Waals surface area (Å²) < 4.78 is 19.6. The van der Waals surface area contributed by atoms with Gasteiger partial charge in [-0.25, -0.2) is 4.39 Å². The number of amidine groups is 1. The number of benzene rings is 2. The quantitative estimate of drug-likeness (QED) is 0.694. The smallest absolute Gasteiger partial charge is 0.286 e. The molecule has 9 heteroatoms. The molecule has 1 N–H and O–H groups in total. The predicted octanol–water partition coefficient (Wildman–Crippen LogP) is 4.82. The Morgan fingerprint density at radius 2 is 2.07 bits per heavy atom. The van der Waals surface area contributed by atoms with Crippen molar-refractivity contribution < 1.29 is 18.7 Å². The lowest BCUT2D eigenvalue weighted by molar-refractivity contribution is -0.117. The lowest BCUT2D eigenvalue weighted by Gasteiger charge is -2.13. The van der Waals surface area contributed by atoms with Crippen molar-refractivity contribution in [2.45, 2.75) is 13.5 Å². The molecule has 0 fully saturated rings. The maximum absolute atomic E-state index is 13.8. The van der Waals surface area contributed by atoms with Crippen molar-refractivity contribution in [3.63, 3.8) is 0 Å². The summed E-state index contributed by atoms with van der Waals surface area (Å²) in [7, 11) is 0. The molecular formula is C19H13Cl2FN2O3S. The zero-order chi connectivity index (χ0) is 20.3. The molecular weight excluding hydrogens is 426 g/mol. The van der Waals surface area contributed by atoms with Crippen molar-refractivity contribution in [3.8, 4) is 5.75 Å². The van der Waals surface area contributed by atoms with Crippen LogP contribution in [0.4, 0.5) is 4.39 Å².